The third-order valence-electron chi connectivity index (χ3n) is 2.67. The van der Waals surface area contributed by atoms with Crippen molar-refractivity contribution in [1.82, 2.24) is 9.55 Å². The van der Waals surface area contributed by atoms with E-state index in [9.17, 15) is 0 Å². The van der Waals surface area contributed by atoms with Gasteiger partial charge in [-0.15, -0.1) is 0 Å². The molecule has 0 spiro atoms. The Kier molecular flexibility index (Phi) is 2.33. The van der Waals surface area contributed by atoms with E-state index >= 15 is 0 Å². The number of nitrogens with zero attached hydrogens (tertiary/aromatic N) is 2. The van der Waals surface area contributed by atoms with Crippen LogP contribution in [-0.4, -0.2) is 22.8 Å². The maximum atomic E-state index is 6.10. The number of aromatic nitrogens is 2. The van der Waals surface area contributed by atoms with Crippen molar-refractivity contribution < 1.29 is 4.74 Å². The van der Waals surface area contributed by atoms with E-state index in [-0.39, 0.29) is 6.04 Å². The first-order valence-corrected chi connectivity index (χ1v) is 4.58. The molecule has 1 aromatic heterocycles. The van der Waals surface area contributed by atoms with Gasteiger partial charge in [-0.3, -0.25) is 0 Å². The first-order valence-electron chi connectivity index (χ1n) is 4.58. The first kappa shape index (κ1) is 8.72. The zero-order valence-electron chi connectivity index (χ0n) is 7.81. The van der Waals surface area contributed by atoms with Gasteiger partial charge < -0.3 is 15.0 Å². The number of hydrogen-bond acceptors (Lipinski definition) is 3. The van der Waals surface area contributed by atoms with Crippen LogP contribution in [-0.2, 0) is 11.8 Å². The number of nitrogens with two attached hydrogens (primary N) is 1. The maximum absolute atomic E-state index is 6.10. The lowest BCUT2D eigenvalue weighted by molar-refractivity contribution is 0.180. The van der Waals surface area contributed by atoms with Crippen molar-refractivity contribution in [2.24, 2.45) is 18.7 Å². The average Bonchev–Trinajstić information content (AvgIpc) is 2.72. The lowest BCUT2D eigenvalue weighted by Crippen LogP contribution is -2.23. The minimum atomic E-state index is 0.0648. The summed E-state index contributed by atoms with van der Waals surface area (Å²) in [6.07, 6.45) is 4.68. The van der Waals surface area contributed by atoms with Crippen LogP contribution in [0, 0.1) is 5.92 Å². The summed E-state index contributed by atoms with van der Waals surface area (Å²) in [4.78, 5) is 4.06. The Labute approximate surface area is 77.7 Å². The molecule has 0 amide bonds. The highest BCUT2D eigenvalue weighted by Gasteiger charge is 2.25. The van der Waals surface area contributed by atoms with E-state index in [4.69, 9.17) is 10.5 Å². The zero-order valence-corrected chi connectivity index (χ0v) is 7.81. The van der Waals surface area contributed by atoms with Crippen molar-refractivity contribution in [2.45, 2.75) is 12.5 Å². The topological polar surface area (TPSA) is 53.1 Å². The van der Waals surface area contributed by atoms with Crippen LogP contribution in [0.4, 0.5) is 0 Å². The molecule has 0 bridgehead atoms. The third-order valence-corrected chi connectivity index (χ3v) is 2.67. The molecule has 2 N–H and O–H groups in total. The van der Waals surface area contributed by atoms with Gasteiger partial charge in [0, 0.05) is 25.8 Å². The lowest BCUT2D eigenvalue weighted by atomic mass is 9.97. The summed E-state index contributed by atoms with van der Waals surface area (Å²) in [5.41, 5.74) is 7.20. The number of aryl methyl sites for hydroxylation is 1. The molecular weight excluding hydrogens is 166 g/mol. The van der Waals surface area contributed by atoms with E-state index in [0.29, 0.717) is 5.92 Å². The van der Waals surface area contributed by atoms with Gasteiger partial charge in [0.25, 0.3) is 0 Å². The second-order valence-corrected chi connectivity index (χ2v) is 3.58. The Morgan fingerprint density at radius 3 is 3.15 bits per heavy atom. The van der Waals surface area contributed by atoms with Crippen molar-refractivity contribution in [3.63, 3.8) is 0 Å². The SMILES string of the molecule is Cn1cncc1C(N)C1CCOC1. The number of imidazole rings is 1. The van der Waals surface area contributed by atoms with Crippen LogP contribution in [0.3, 0.4) is 0 Å². The standard InChI is InChI=1S/C9H15N3O/c1-12-6-11-4-8(12)9(10)7-2-3-13-5-7/h4,6-7,9H,2-3,5,10H2,1H3. The van der Waals surface area contributed by atoms with E-state index in [1.54, 1.807) is 6.33 Å². The van der Waals surface area contributed by atoms with Crippen molar-refractivity contribution >= 4 is 0 Å². The largest absolute Gasteiger partial charge is 0.381 e. The van der Waals surface area contributed by atoms with Gasteiger partial charge in [-0.1, -0.05) is 0 Å². The van der Waals surface area contributed by atoms with Crippen molar-refractivity contribution in [3.8, 4) is 0 Å². The predicted molar refractivity (Wildman–Crippen MR) is 49.1 cm³/mol. The van der Waals surface area contributed by atoms with Crippen LogP contribution < -0.4 is 5.73 Å². The van der Waals surface area contributed by atoms with E-state index in [0.717, 1.165) is 25.3 Å². The average molecular weight is 181 g/mol. The zero-order chi connectivity index (χ0) is 9.26. The van der Waals surface area contributed by atoms with Crippen LogP contribution in [0.25, 0.3) is 0 Å². The highest BCUT2D eigenvalue weighted by atomic mass is 16.5. The Hall–Kier alpha value is -0.870. The Morgan fingerprint density at radius 2 is 2.62 bits per heavy atom. The summed E-state index contributed by atoms with van der Waals surface area (Å²) in [7, 11) is 1.97. The van der Waals surface area contributed by atoms with Crippen molar-refractivity contribution in [2.75, 3.05) is 13.2 Å². The summed E-state index contributed by atoms with van der Waals surface area (Å²) in [6, 6.07) is 0.0648. The fraction of sp³-hybridized carbons (Fsp3) is 0.667. The smallest absolute Gasteiger partial charge is 0.0946 e. The van der Waals surface area contributed by atoms with Crippen LogP contribution in [0.1, 0.15) is 18.2 Å². The third kappa shape index (κ3) is 1.59. The molecule has 0 saturated carbocycles. The summed E-state index contributed by atoms with van der Waals surface area (Å²) in [5, 5.41) is 0. The van der Waals surface area contributed by atoms with Crippen LogP contribution in [0.5, 0.6) is 0 Å². The molecule has 2 unspecified atom stereocenters. The predicted octanol–water partition coefficient (Wildman–Crippen LogP) is 0.456. The first-order chi connectivity index (χ1) is 6.29. The van der Waals surface area contributed by atoms with Gasteiger partial charge in [0.05, 0.1) is 24.7 Å². The molecule has 2 atom stereocenters. The fourth-order valence-electron chi connectivity index (χ4n) is 1.77. The van der Waals surface area contributed by atoms with Crippen LogP contribution in [0.2, 0.25) is 0 Å². The summed E-state index contributed by atoms with van der Waals surface area (Å²) in [6.45, 7) is 1.63. The highest BCUT2D eigenvalue weighted by molar-refractivity contribution is 5.06. The Bertz CT molecular complexity index is 278. The van der Waals surface area contributed by atoms with E-state index in [1.807, 2.05) is 17.8 Å². The molecule has 0 radical (unpaired) electrons. The Morgan fingerprint density at radius 1 is 1.77 bits per heavy atom. The minimum absolute atomic E-state index is 0.0648. The van der Waals surface area contributed by atoms with E-state index < -0.39 is 0 Å². The molecule has 2 heterocycles. The maximum Gasteiger partial charge on any atom is 0.0946 e. The molecule has 1 aromatic rings. The van der Waals surface area contributed by atoms with Gasteiger partial charge in [-0.25, -0.2) is 4.98 Å². The number of rotatable bonds is 2. The molecule has 4 heteroatoms. The molecule has 72 valence electrons. The van der Waals surface area contributed by atoms with Crippen molar-refractivity contribution in [1.29, 1.82) is 0 Å². The second-order valence-electron chi connectivity index (χ2n) is 3.58. The van der Waals surface area contributed by atoms with Gasteiger partial charge in [0.1, 0.15) is 0 Å². The molecule has 1 saturated heterocycles. The summed E-state index contributed by atoms with van der Waals surface area (Å²) in [5.74, 6) is 0.454. The van der Waals surface area contributed by atoms with E-state index in [2.05, 4.69) is 4.98 Å². The molecule has 4 nitrogen and oxygen atoms in total. The van der Waals surface area contributed by atoms with Gasteiger partial charge >= 0.3 is 0 Å². The molecule has 0 aromatic carbocycles. The molecule has 1 aliphatic rings. The Balaban J connectivity index is 2.12. The fourth-order valence-corrected chi connectivity index (χ4v) is 1.77. The summed E-state index contributed by atoms with van der Waals surface area (Å²) < 4.78 is 7.28. The molecular formula is C9H15N3O. The molecule has 1 fully saturated rings. The monoisotopic (exact) mass is 181 g/mol. The van der Waals surface area contributed by atoms with Gasteiger partial charge in [-0.2, -0.15) is 0 Å². The summed E-state index contributed by atoms with van der Waals surface area (Å²) >= 11 is 0. The minimum Gasteiger partial charge on any atom is -0.381 e. The molecule has 2 rings (SSSR count). The molecule has 1 aliphatic heterocycles. The van der Waals surface area contributed by atoms with Crippen LogP contribution >= 0.6 is 0 Å². The highest BCUT2D eigenvalue weighted by Crippen LogP contribution is 2.25. The second kappa shape index (κ2) is 3.47. The normalized spacial score (nSPS) is 24.9. The van der Waals surface area contributed by atoms with Gasteiger partial charge in [-0.05, 0) is 6.42 Å². The quantitative estimate of drug-likeness (QED) is 0.721. The van der Waals surface area contributed by atoms with Gasteiger partial charge in [0.15, 0.2) is 0 Å². The van der Waals surface area contributed by atoms with E-state index in [1.165, 1.54) is 0 Å². The van der Waals surface area contributed by atoms with Gasteiger partial charge in [0.2, 0.25) is 0 Å². The lowest BCUT2D eigenvalue weighted by Gasteiger charge is -2.17. The van der Waals surface area contributed by atoms with Crippen molar-refractivity contribution in [3.05, 3.63) is 18.2 Å². The van der Waals surface area contributed by atoms with Crippen LogP contribution in [0.15, 0.2) is 12.5 Å². The molecule has 13 heavy (non-hydrogen) atoms. The number of hydrogen-bond donors (Lipinski definition) is 1. The molecule has 0 aliphatic carbocycles. The number of ether oxygens (including phenoxy) is 1.